The number of hydrogen-bond donors (Lipinski definition) is 2. The molecule has 0 amide bonds. The van der Waals surface area contributed by atoms with E-state index in [9.17, 15) is 0 Å². The minimum Gasteiger partial charge on any atom is -0.262 e. The van der Waals surface area contributed by atoms with Crippen molar-refractivity contribution in [2.45, 2.75) is 6.42 Å². The second-order valence-electron chi connectivity index (χ2n) is 2.69. The molecular weight excluding hydrogens is 232 g/mol. The molecule has 6 nitrogen and oxygen atoms in total. The maximum atomic E-state index is 4.69. The summed E-state index contributed by atoms with van der Waals surface area (Å²) in [6, 6.07) is 0. The van der Waals surface area contributed by atoms with Crippen LogP contribution in [-0.2, 0) is 6.42 Å². The number of H-pyrrole nitrogens is 2. The van der Waals surface area contributed by atoms with Crippen LogP contribution in [0, 0.1) is 0 Å². The van der Waals surface area contributed by atoms with E-state index in [2.05, 4.69) is 30.4 Å². The first-order valence-corrected chi connectivity index (χ1v) is 4.99. The molecule has 0 aliphatic rings. The van der Waals surface area contributed by atoms with E-state index in [-0.39, 0.29) is 0 Å². The zero-order valence-corrected chi connectivity index (χ0v) is 9.10. The number of hydrogen-bond acceptors (Lipinski definition) is 6. The smallest absolute Gasteiger partial charge is 0.184 e. The molecule has 0 bridgehead atoms. The van der Waals surface area contributed by atoms with Gasteiger partial charge in [-0.15, -0.1) is 0 Å². The van der Waals surface area contributed by atoms with Crippen LogP contribution in [-0.4, -0.2) is 41.1 Å². The third kappa shape index (κ3) is 2.28. The lowest BCUT2D eigenvalue weighted by atomic mass is 10.4. The number of rotatable bonds is 4. The molecule has 0 aromatic carbocycles. The van der Waals surface area contributed by atoms with Crippen LogP contribution in [0.3, 0.4) is 0 Å². The Kier molecular flexibility index (Phi) is 2.88. The van der Waals surface area contributed by atoms with E-state index < -0.39 is 0 Å². The van der Waals surface area contributed by atoms with Gasteiger partial charge in [-0.1, -0.05) is 24.4 Å². The summed E-state index contributed by atoms with van der Waals surface area (Å²) in [7, 11) is 0. The van der Waals surface area contributed by atoms with Crippen LogP contribution in [0.1, 0.15) is 23.3 Å². The average molecular weight is 238 g/mol. The maximum absolute atomic E-state index is 4.69. The summed E-state index contributed by atoms with van der Waals surface area (Å²) in [5.74, 6) is 2.35. The van der Waals surface area contributed by atoms with Gasteiger partial charge in [0.05, 0.1) is 6.42 Å². The molecule has 0 fully saturated rings. The molecule has 8 heteroatoms. The molecule has 0 saturated heterocycles. The van der Waals surface area contributed by atoms with Crippen LogP contribution in [0.4, 0.5) is 0 Å². The van der Waals surface area contributed by atoms with E-state index in [0.717, 1.165) is 0 Å². The second-order valence-corrected chi connectivity index (χ2v) is 3.16. The van der Waals surface area contributed by atoms with Gasteiger partial charge < -0.3 is 0 Å². The Morgan fingerprint density at radius 3 is 1.73 bits per heavy atom. The topological polar surface area (TPSA) is 83.1 Å². The Labute approximate surface area is 95.5 Å². The second kappa shape index (κ2) is 4.32. The first kappa shape index (κ1) is 9.99. The van der Waals surface area contributed by atoms with Gasteiger partial charge in [-0.3, -0.25) is 10.2 Å². The highest BCUT2D eigenvalue weighted by Crippen LogP contribution is 1.99. The molecule has 76 valence electrons. The van der Waals surface area contributed by atoms with Gasteiger partial charge in [0.25, 0.3) is 0 Å². The van der Waals surface area contributed by atoms with Gasteiger partial charge in [-0.05, 0) is 0 Å². The normalized spacial score (nSPS) is 10.1. The molecule has 2 aromatic heterocycles. The highest BCUT2D eigenvalue weighted by atomic mass is 32.1. The van der Waals surface area contributed by atoms with Gasteiger partial charge >= 0.3 is 0 Å². The van der Waals surface area contributed by atoms with E-state index in [1.165, 1.54) is 10.7 Å². The van der Waals surface area contributed by atoms with Gasteiger partial charge in [0.1, 0.15) is 11.6 Å². The molecule has 2 rings (SSSR count). The summed E-state index contributed by atoms with van der Waals surface area (Å²) in [6.07, 6.45) is 0.492. The molecule has 0 unspecified atom stereocenters. The fourth-order valence-electron chi connectivity index (χ4n) is 1.04. The lowest BCUT2D eigenvalue weighted by molar-refractivity contribution is 0.899. The molecule has 0 saturated carbocycles. The number of nitrogens with one attached hydrogen (secondary N) is 2. The van der Waals surface area contributed by atoms with Crippen molar-refractivity contribution in [3.8, 4) is 0 Å². The molecule has 0 radical (unpaired) electrons. The fourth-order valence-corrected chi connectivity index (χ4v) is 1.25. The largest absolute Gasteiger partial charge is 0.262 e. The molecule has 0 aliphatic carbocycles. The molecule has 2 N–H and O–H groups in total. The Balaban J connectivity index is 2.13. The van der Waals surface area contributed by atoms with Crippen LogP contribution in [0.5, 0.6) is 0 Å². The van der Waals surface area contributed by atoms with Gasteiger partial charge in [0.15, 0.2) is 11.6 Å². The quantitative estimate of drug-likeness (QED) is 0.741. The first-order valence-electron chi connectivity index (χ1n) is 4.04. The van der Waals surface area contributed by atoms with Crippen molar-refractivity contribution < 1.29 is 0 Å². The molecule has 0 spiro atoms. The summed E-state index contributed by atoms with van der Waals surface area (Å²) in [6.45, 7) is 0. The molecular formula is C7H6N6S2. The Bertz CT molecular complexity index is 443. The van der Waals surface area contributed by atoms with Crippen molar-refractivity contribution in [2.75, 3.05) is 0 Å². The third-order valence-electron chi connectivity index (χ3n) is 1.64. The van der Waals surface area contributed by atoms with Gasteiger partial charge in [0, 0.05) is 10.7 Å². The minimum absolute atomic E-state index is 0.492. The van der Waals surface area contributed by atoms with Gasteiger partial charge in [0.2, 0.25) is 0 Å². The maximum Gasteiger partial charge on any atom is 0.184 e. The van der Waals surface area contributed by atoms with Crippen molar-refractivity contribution in [3.63, 3.8) is 0 Å². The van der Waals surface area contributed by atoms with Gasteiger partial charge in [-0.2, -0.15) is 10.2 Å². The van der Waals surface area contributed by atoms with Crippen LogP contribution < -0.4 is 0 Å². The summed E-state index contributed by atoms with van der Waals surface area (Å²) in [5.41, 5.74) is 0. The average Bonchev–Trinajstić information content (AvgIpc) is 2.87. The monoisotopic (exact) mass is 238 g/mol. The Morgan fingerprint density at radius 2 is 1.40 bits per heavy atom. The van der Waals surface area contributed by atoms with Crippen molar-refractivity contribution >= 4 is 35.2 Å². The number of nitrogens with zero attached hydrogens (tertiary/aromatic N) is 4. The molecule has 2 heterocycles. The van der Waals surface area contributed by atoms with Crippen LogP contribution in [0.2, 0.25) is 0 Å². The predicted octanol–water partition coefficient (Wildman–Crippen LogP) is 0.209. The minimum atomic E-state index is 0.492. The Morgan fingerprint density at radius 1 is 0.933 bits per heavy atom. The summed E-state index contributed by atoms with van der Waals surface area (Å²) < 4.78 is 0. The zero-order chi connectivity index (χ0) is 10.7. The molecule has 0 atom stereocenters. The van der Waals surface area contributed by atoms with Crippen molar-refractivity contribution in [2.24, 2.45) is 0 Å². The lowest BCUT2D eigenvalue weighted by Gasteiger charge is -1.88. The Hall–Kier alpha value is -1.54. The number of thiocarbonyl (C=S) groups is 2. The summed E-state index contributed by atoms with van der Waals surface area (Å²) in [4.78, 5) is 8.22. The van der Waals surface area contributed by atoms with E-state index >= 15 is 0 Å². The van der Waals surface area contributed by atoms with E-state index in [4.69, 9.17) is 24.4 Å². The van der Waals surface area contributed by atoms with Crippen molar-refractivity contribution in [3.05, 3.63) is 23.3 Å². The lowest BCUT2D eigenvalue weighted by Crippen LogP contribution is -1.93. The van der Waals surface area contributed by atoms with Crippen LogP contribution >= 0.6 is 24.4 Å². The summed E-state index contributed by atoms with van der Waals surface area (Å²) in [5, 5.41) is 16.1. The number of aromatic amines is 2. The molecule has 15 heavy (non-hydrogen) atoms. The molecule has 0 aliphatic heterocycles. The van der Waals surface area contributed by atoms with Crippen molar-refractivity contribution in [1.29, 1.82) is 0 Å². The molecule has 2 aromatic rings. The first-order chi connectivity index (χ1) is 7.31. The van der Waals surface area contributed by atoms with E-state index in [1.54, 1.807) is 0 Å². The van der Waals surface area contributed by atoms with E-state index in [1.807, 2.05) is 0 Å². The number of aromatic nitrogens is 6. The van der Waals surface area contributed by atoms with Gasteiger partial charge in [-0.25, -0.2) is 9.97 Å². The van der Waals surface area contributed by atoms with Crippen LogP contribution in [0.25, 0.3) is 0 Å². The van der Waals surface area contributed by atoms with E-state index in [0.29, 0.717) is 29.7 Å². The van der Waals surface area contributed by atoms with Crippen molar-refractivity contribution in [1.82, 2.24) is 30.4 Å². The highest BCUT2D eigenvalue weighted by molar-refractivity contribution is 7.79. The SMILES string of the molecule is S=Cc1n[nH]c(Cc2nc(C=S)n[nH]2)n1. The standard InChI is InChI=1S/C7H6N6S2/c14-2-6-8-4(10-12-6)1-5-9-7(3-15)13-11-5/h2-3H,1H2,(H,8,10,12)(H,9,11,13). The third-order valence-corrected chi connectivity index (χ3v) is 2.07. The van der Waals surface area contributed by atoms with Crippen LogP contribution in [0.15, 0.2) is 0 Å². The summed E-state index contributed by atoms with van der Waals surface area (Å²) >= 11 is 9.39. The predicted molar refractivity (Wildman–Crippen MR) is 61.1 cm³/mol. The fraction of sp³-hybridized carbons (Fsp3) is 0.143. The highest BCUT2D eigenvalue weighted by Gasteiger charge is 2.05. The zero-order valence-electron chi connectivity index (χ0n) is 7.47.